The van der Waals surface area contributed by atoms with Crippen LogP contribution in [0.2, 0.25) is 0 Å². The fourth-order valence-electron chi connectivity index (χ4n) is 0. The fraction of sp³-hybridized carbons (Fsp3) is 0.333. The number of rotatable bonds is 0. The molecule has 0 saturated carbocycles. The molecule has 0 rings (SSSR count). The lowest BCUT2D eigenvalue weighted by atomic mass is 10.8. The maximum absolute atomic E-state index is 3.36. The first kappa shape index (κ1) is 42.1. The minimum absolute atomic E-state index is 0. The Balaban J connectivity index is -0.00000000333. The molecule has 0 radical (unpaired) electrons. The van der Waals surface area contributed by atoms with Gasteiger partial charge in [0.1, 0.15) is 0 Å². The van der Waals surface area contributed by atoms with Crippen LogP contribution in [0.1, 0.15) is 6.92 Å². The second-order valence-electron chi connectivity index (χ2n) is 0.408. The summed E-state index contributed by atoms with van der Waals surface area (Å²) in [5.74, 6) is 0. The van der Waals surface area contributed by atoms with E-state index in [0.717, 1.165) is 0 Å². The zero-order valence-electron chi connectivity index (χ0n) is 4.28. The van der Waals surface area contributed by atoms with Gasteiger partial charge < -0.3 is 0 Å². The molecular formula is C3H14S4. The Hall–Kier alpha value is 1.14. The Morgan fingerprint density at radius 3 is 1.00 bits per heavy atom. The van der Waals surface area contributed by atoms with Crippen molar-refractivity contribution in [2.45, 2.75) is 6.92 Å². The van der Waals surface area contributed by atoms with E-state index in [0.29, 0.717) is 0 Å². The summed E-state index contributed by atoms with van der Waals surface area (Å²) >= 11 is 0. The molecule has 0 aliphatic rings. The van der Waals surface area contributed by atoms with Crippen molar-refractivity contribution in [2.24, 2.45) is 0 Å². The first-order chi connectivity index (χ1) is 1.41. The van der Waals surface area contributed by atoms with Gasteiger partial charge in [-0.2, -0.15) is 54.0 Å². The molecule has 0 unspecified atom stereocenters. The lowest BCUT2D eigenvalue weighted by Crippen LogP contribution is -1.07. The van der Waals surface area contributed by atoms with Crippen molar-refractivity contribution < 1.29 is 0 Å². The fourth-order valence-corrected chi connectivity index (χ4v) is 0. The average Bonchev–Trinajstić information content (AvgIpc) is 0.918. The van der Waals surface area contributed by atoms with Crippen molar-refractivity contribution in [3.8, 4) is 0 Å². The maximum Gasteiger partial charge on any atom is -0.0473 e. The smallest absolute Gasteiger partial charge is 0.0473 e. The molecule has 0 aliphatic heterocycles. The lowest BCUT2D eigenvalue weighted by molar-refractivity contribution is 1.80. The van der Waals surface area contributed by atoms with Crippen molar-refractivity contribution in [2.75, 3.05) is 0 Å². The molecule has 0 saturated heterocycles. The maximum atomic E-state index is 3.36. The Bertz CT molecular complexity index is 14.4. The minimum Gasteiger partial charge on any atom is -0.197 e. The summed E-state index contributed by atoms with van der Waals surface area (Å²) in [5, 5.41) is 0. The molecule has 0 aromatic rings. The summed E-state index contributed by atoms with van der Waals surface area (Å²) in [6.07, 6.45) is 1.75. The van der Waals surface area contributed by atoms with E-state index in [1.54, 1.807) is 6.08 Å². The molecule has 0 aromatic heterocycles. The van der Waals surface area contributed by atoms with Crippen LogP contribution in [-0.4, -0.2) is 0 Å². The lowest BCUT2D eigenvalue weighted by Gasteiger charge is -1.31. The Kier molecular flexibility index (Phi) is 353. The van der Waals surface area contributed by atoms with Crippen LogP contribution < -0.4 is 0 Å². The minimum atomic E-state index is 0. The molecule has 0 fully saturated rings. The Labute approximate surface area is 73.6 Å². The molecular weight excluding hydrogens is 164 g/mol. The second-order valence-corrected chi connectivity index (χ2v) is 0.408. The molecule has 0 atom stereocenters. The van der Waals surface area contributed by atoms with Crippen LogP contribution in [0.15, 0.2) is 12.7 Å². The van der Waals surface area contributed by atoms with E-state index >= 15 is 0 Å². The van der Waals surface area contributed by atoms with Gasteiger partial charge in [-0.3, -0.25) is 0 Å². The third kappa shape index (κ3) is 145. The Morgan fingerprint density at radius 1 is 1.00 bits per heavy atom. The first-order valence-electron chi connectivity index (χ1n) is 0.986. The topological polar surface area (TPSA) is 0 Å². The highest BCUT2D eigenvalue weighted by Crippen LogP contribution is 1.38. The monoisotopic (exact) mass is 178 g/mol. The SMILES string of the molecule is C=CC.S.S.S.S. The zero-order chi connectivity index (χ0) is 2.71. The molecule has 0 aliphatic carbocycles. The number of allylic oxidation sites excluding steroid dienone is 1. The van der Waals surface area contributed by atoms with Crippen LogP contribution in [0.4, 0.5) is 0 Å². The third-order valence-electron chi connectivity index (χ3n) is 0. The van der Waals surface area contributed by atoms with Gasteiger partial charge in [0, 0.05) is 0 Å². The highest BCUT2D eigenvalue weighted by atomic mass is 32.1. The van der Waals surface area contributed by atoms with Crippen LogP contribution in [0.5, 0.6) is 0 Å². The van der Waals surface area contributed by atoms with E-state index in [1.165, 1.54) is 0 Å². The molecule has 0 bridgehead atoms. The van der Waals surface area contributed by atoms with Crippen LogP contribution >= 0.6 is 54.0 Å². The van der Waals surface area contributed by atoms with E-state index in [1.807, 2.05) is 6.92 Å². The van der Waals surface area contributed by atoms with Gasteiger partial charge in [0.05, 0.1) is 0 Å². The molecule has 50 valence electrons. The van der Waals surface area contributed by atoms with Crippen LogP contribution in [0.3, 0.4) is 0 Å². The number of hydrogen-bond acceptors (Lipinski definition) is 0. The van der Waals surface area contributed by atoms with Gasteiger partial charge in [0.15, 0.2) is 0 Å². The molecule has 0 spiro atoms. The summed E-state index contributed by atoms with van der Waals surface area (Å²) in [6.45, 7) is 5.25. The van der Waals surface area contributed by atoms with E-state index in [-0.39, 0.29) is 54.0 Å². The quantitative estimate of drug-likeness (QED) is 0.495. The predicted octanol–water partition coefficient (Wildman–Crippen LogP) is 1.64. The highest BCUT2D eigenvalue weighted by molar-refractivity contribution is 7.59. The predicted molar refractivity (Wildman–Crippen MR) is 57.4 cm³/mol. The average molecular weight is 178 g/mol. The summed E-state index contributed by atoms with van der Waals surface area (Å²) in [4.78, 5) is 0. The summed E-state index contributed by atoms with van der Waals surface area (Å²) in [7, 11) is 0. The van der Waals surface area contributed by atoms with Crippen molar-refractivity contribution in [1.82, 2.24) is 0 Å². The Morgan fingerprint density at radius 2 is 1.00 bits per heavy atom. The second kappa shape index (κ2) is 58.8. The van der Waals surface area contributed by atoms with Gasteiger partial charge in [-0.1, -0.05) is 6.08 Å². The van der Waals surface area contributed by atoms with E-state index in [4.69, 9.17) is 0 Å². The van der Waals surface area contributed by atoms with E-state index < -0.39 is 0 Å². The van der Waals surface area contributed by atoms with Gasteiger partial charge in [-0.15, -0.1) is 6.58 Å². The molecule has 0 amide bonds. The van der Waals surface area contributed by atoms with Gasteiger partial charge in [0.25, 0.3) is 0 Å². The van der Waals surface area contributed by atoms with Crippen LogP contribution in [0, 0.1) is 0 Å². The van der Waals surface area contributed by atoms with Crippen LogP contribution in [0.25, 0.3) is 0 Å². The molecule has 0 nitrogen and oxygen atoms in total. The third-order valence-corrected chi connectivity index (χ3v) is 0. The van der Waals surface area contributed by atoms with Gasteiger partial charge >= 0.3 is 0 Å². The molecule has 0 heterocycles. The van der Waals surface area contributed by atoms with Crippen molar-refractivity contribution in [1.29, 1.82) is 0 Å². The van der Waals surface area contributed by atoms with Gasteiger partial charge in [0.2, 0.25) is 0 Å². The first-order valence-corrected chi connectivity index (χ1v) is 0.986. The summed E-state index contributed by atoms with van der Waals surface area (Å²) in [6, 6.07) is 0. The van der Waals surface area contributed by atoms with Gasteiger partial charge in [-0.05, 0) is 6.92 Å². The largest absolute Gasteiger partial charge is 0.197 e. The summed E-state index contributed by atoms with van der Waals surface area (Å²) < 4.78 is 0. The molecule has 0 aromatic carbocycles. The molecule has 4 heteroatoms. The van der Waals surface area contributed by atoms with Crippen molar-refractivity contribution in [3.05, 3.63) is 12.7 Å². The van der Waals surface area contributed by atoms with Crippen molar-refractivity contribution in [3.63, 3.8) is 0 Å². The highest BCUT2D eigenvalue weighted by Gasteiger charge is 1.15. The molecule has 0 N–H and O–H groups in total. The van der Waals surface area contributed by atoms with Crippen molar-refractivity contribution >= 4 is 54.0 Å². The standard InChI is InChI=1S/C3H6.4H2S/c1-3-2;;;;/h3H,1H2,2H3;4*1H2. The molecule has 7 heavy (non-hydrogen) atoms. The normalized spacial score (nSPS) is 1.86. The van der Waals surface area contributed by atoms with E-state index in [2.05, 4.69) is 6.58 Å². The van der Waals surface area contributed by atoms with Gasteiger partial charge in [-0.25, -0.2) is 0 Å². The zero-order valence-corrected chi connectivity index (χ0v) is 8.28. The summed E-state index contributed by atoms with van der Waals surface area (Å²) in [5.41, 5.74) is 0. The van der Waals surface area contributed by atoms with Crippen LogP contribution in [-0.2, 0) is 0 Å². The van der Waals surface area contributed by atoms with E-state index in [9.17, 15) is 0 Å². The number of hydrogen-bond donors (Lipinski definition) is 0.